The third-order valence-corrected chi connectivity index (χ3v) is 3.13. The van der Waals surface area contributed by atoms with Crippen molar-refractivity contribution in [2.24, 2.45) is 0 Å². The van der Waals surface area contributed by atoms with Crippen LogP contribution in [0.4, 0.5) is 0 Å². The average molecular weight is 268 g/mol. The van der Waals surface area contributed by atoms with Gasteiger partial charge in [-0.1, -0.05) is 19.1 Å². The Balaban J connectivity index is 3.29. The number of nitrogens with one attached hydrogen (secondary N) is 1. The summed E-state index contributed by atoms with van der Waals surface area (Å²) in [7, 11) is 0. The minimum absolute atomic E-state index is 0.365. The zero-order chi connectivity index (χ0) is 9.14. The van der Waals surface area contributed by atoms with Gasteiger partial charge in [0.2, 0.25) is 0 Å². The van der Waals surface area contributed by atoms with Crippen LogP contribution in [0.5, 0.6) is 0 Å². The van der Waals surface area contributed by atoms with E-state index in [1.165, 1.54) is 0 Å². The Kier molecular flexibility index (Phi) is 3.68. The highest BCUT2D eigenvalue weighted by Crippen LogP contribution is 2.16. The van der Waals surface area contributed by atoms with Gasteiger partial charge in [0.05, 0.1) is 10.4 Å². The molecule has 1 heterocycles. The molecule has 0 fully saturated rings. The lowest BCUT2D eigenvalue weighted by atomic mass is 10.3. The van der Waals surface area contributed by atoms with Gasteiger partial charge in [0.15, 0.2) is 0 Å². The summed E-state index contributed by atoms with van der Waals surface area (Å²) in [5.74, 6) is 1.09. The number of aromatic amines is 1. The van der Waals surface area contributed by atoms with Crippen molar-refractivity contribution in [3.05, 3.63) is 20.6 Å². The lowest BCUT2D eigenvalue weighted by Crippen LogP contribution is -1.98. The summed E-state index contributed by atoms with van der Waals surface area (Å²) >= 11 is 14.0. The van der Waals surface area contributed by atoms with Crippen LogP contribution in [-0.2, 0) is 12.3 Å². The van der Waals surface area contributed by atoms with Gasteiger partial charge in [-0.3, -0.25) is 0 Å². The fourth-order valence-electron chi connectivity index (χ4n) is 0.865. The predicted molar refractivity (Wildman–Crippen MR) is 56.1 cm³/mol. The van der Waals surface area contributed by atoms with Crippen molar-refractivity contribution in [3.8, 4) is 0 Å². The number of H-pyrrole nitrogens is 1. The molecule has 0 radical (unpaired) electrons. The molecule has 0 aliphatic rings. The quantitative estimate of drug-likeness (QED) is 0.658. The van der Waals surface area contributed by atoms with E-state index in [0.717, 1.165) is 22.4 Å². The van der Waals surface area contributed by atoms with Crippen LogP contribution in [0, 0.1) is 4.64 Å². The van der Waals surface area contributed by atoms with Crippen LogP contribution in [0.3, 0.4) is 0 Å². The summed E-state index contributed by atoms with van der Waals surface area (Å²) in [5.41, 5.74) is 1.05. The van der Waals surface area contributed by atoms with Crippen molar-refractivity contribution in [1.82, 2.24) is 9.97 Å². The number of alkyl halides is 1. The highest BCUT2D eigenvalue weighted by atomic mass is 79.9. The minimum atomic E-state index is 0.365. The minimum Gasteiger partial charge on any atom is -0.345 e. The van der Waals surface area contributed by atoms with Gasteiger partial charge in [-0.2, -0.15) is 0 Å². The molecule has 1 rings (SSSR count). The van der Waals surface area contributed by atoms with Crippen molar-refractivity contribution in [2.75, 3.05) is 0 Å². The Bertz CT molecular complexity index is 337. The molecule has 12 heavy (non-hydrogen) atoms. The molecule has 2 nitrogen and oxygen atoms in total. The molecule has 0 amide bonds. The molecule has 0 atom stereocenters. The smallest absolute Gasteiger partial charge is 0.144 e. The van der Waals surface area contributed by atoms with Crippen LogP contribution >= 0.6 is 39.7 Å². The molecular formula is C7H8BrClN2S. The number of aromatic nitrogens is 2. The SMILES string of the molecule is CCc1[nH]c(CCl)nc(=S)c1Br. The molecule has 1 aromatic rings. The van der Waals surface area contributed by atoms with E-state index >= 15 is 0 Å². The Morgan fingerprint density at radius 1 is 1.67 bits per heavy atom. The zero-order valence-electron chi connectivity index (χ0n) is 6.53. The van der Waals surface area contributed by atoms with Gasteiger partial charge in [0.25, 0.3) is 0 Å². The molecule has 1 aromatic heterocycles. The topological polar surface area (TPSA) is 28.7 Å². The number of rotatable bonds is 2. The first-order chi connectivity index (χ1) is 5.69. The Labute approximate surface area is 89.5 Å². The van der Waals surface area contributed by atoms with Gasteiger partial charge in [-0.05, 0) is 22.4 Å². The number of halogens is 2. The van der Waals surface area contributed by atoms with Crippen LogP contribution in [0.15, 0.2) is 4.47 Å². The van der Waals surface area contributed by atoms with Crippen molar-refractivity contribution < 1.29 is 0 Å². The Morgan fingerprint density at radius 3 is 2.83 bits per heavy atom. The molecule has 0 unspecified atom stereocenters. The van der Waals surface area contributed by atoms with Crippen LogP contribution in [0.1, 0.15) is 18.4 Å². The van der Waals surface area contributed by atoms with Gasteiger partial charge in [0.1, 0.15) is 10.5 Å². The number of hydrogen-bond acceptors (Lipinski definition) is 2. The van der Waals surface area contributed by atoms with Crippen molar-refractivity contribution in [3.63, 3.8) is 0 Å². The second-order valence-corrected chi connectivity index (χ2v) is 3.72. The molecule has 66 valence electrons. The Morgan fingerprint density at radius 2 is 2.33 bits per heavy atom. The van der Waals surface area contributed by atoms with E-state index in [2.05, 4.69) is 25.9 Å². The maximum absolute atomic E-state index is 5.62. The number of aryl methyl sites for hydroxylation is 1. The molecule has 0 aromatic carbocycles. The molecular weight excluding hydrogens is 260 g/mol. The molecule has 0 saturated carbocycles. The summed E-state index contributed by atoms with van der Waals surface area (Å²) in [6, 6.07) is 0. The van der Waals surface area contributed by atoms with Crippen LogP contribution in [0.25, 0.3) is 0 Å². The van der Waals surface area contributed by atoms with E-state index in [1.54, 1.807) is 0 Å². The first-order valence-corrected chi connectivity index (χ1v) is 5.26. The fraction of sp³-hybridized carbons (Fsp3) is 0.429. The highest BCUT2D eigenvalue weighted by Gasteiger charge is 2.02. The monoisotopic (exact) mass is 266 g/mol. The van der Waals surface area contributed by atoms with Gasteiger partial charge < -0.3 is 4.98 Å². The lowest BCUT2D eigenvalue weighted by Gasteiger charge is -2.03. The maximum Gasteiger partial charge on any atom is 0.144 e. The summed E-state index contributed by atoms with van der Waals surface area (Å²) in [6.45, 7) is 2.05. The molecule has 0 spiro atoms. The fourth-order valence-corrected chi connectivity index (χ4v) is 1.69. The first kappa shape index (κ1) is 10.2. The lowest BCUT2D eigenvalue weighted by molar-refractivity contribution is 0.918. The number of hydrogen-bond donors (Lipinski definition) is 1. The van der Waals surface area contributed by atoms with Crippen molar-refractivity contribution in [2.45, 2.75) is 19.2 Å². The molecule has 0 aliphatic heterocycles. The normalized spacial score (nSPS) is 10.2. The molecule has 0 saturated heterocycles. The van der Waals surface area contributed by atoms with Crippen molar-refractivity contribution in [1.29, 1.82) is 0 Å². The largest absolute Gasteiger partial charge is 0.345 e. The van der Waals surface area contributed by atoms with Gasteiger partial charge in [-0.25, -0.2) is 4.98 Å². The summed E-state index contributed by atoms with van der Waals surface area (Å²) < 4.78 is 1.44. The standard InChI is InChI=1S/C7H8BrClN2S/c1-2-4-6(8)7(12)11-5(3-9)10-4/h2-3H2,1H3,(H,10,11,12). The maximum atomic E-state index is 5.62. The first-order valence-electron chi connectivity index (χ1n) is 3.52. The molecule has 1 N–H and O–H groups in total. The van der Waals surface area contributed by atoms with Gasteiger partial charge >= 0.3 is 0 Å². The van der Waals surface area contributed by atoms with E-state index in [-0.39, 0.29) is 0 Å². The van der Waals surface area contributed by atoms with Crippen LogP contribution < -0.4 is 0 Å². The van der Waals surface area contributed by atoms with Gasteiger partial charge in [0, 0.05) is 5.69 Å². The third-order valence-electron chi connectivity index (χ3n) is 1.46. The van der Waals surface area contributed by atoms with E-state index in [9.17, 15) is 0 Å². The van der Waals surface area contributed by atoms with Crippen LogP contribution in [-0.4, -0.2) is 9.97 Å². The van der Waals surface area contributed by atoms with E-state index in [0.29, 0.717) is 10.5 Å². The molecule has 5 heteroatoms. The Hall–Kier alpha value is 0.0700. The summed E-state index contributed by atoms with van der Waals surface area (Å²) in [5, 5.41) is 0. The molecule has 0 aliphatic carbocycles. The van der Waals surface area contributed by atoms with E-state index in [1.807, 2.05) is 6.92 Å². The van der Waals surface area contributed by atoms with Crippen molar-refractivity contribution >= 4 is 39.7 Å². The summed E-state index contributed by atoms with van der Waals surface area (Å²) in [6.07, 6.45) is 0.886. The average Bonchev–Trinajstić information content (AvgIpc) is 2.09. The van der Waals surface area contributed by atoms with E-state index in [4.69, 9.17) is 23.8 Å². The van der Waals surface area contributed by atoms with Crippen LogP contribution in [0.2, 0.25) is 0 Å². The highest BCUT2D eigenvalue weighted by molar-refractivity contribution is 9.10. The van der Waals surface area contributed by atoms with E-state index < -0.39 is 0 Å². The summed E-state index contributed by atoms with van der Waals surface area (Å²) in [4.78, 5) is 7.18. The second-order valence-electron chi connectivity index (χ2n) is 2.27. The third kappa shape index (κ3) is 2.06. The zero-order valence-corrected chi connectivity index (χ0v) is 9.68. The molecule has 0 bridgehead atoms. The predicted octanol–water partition coefficient (Wildman–Crippen LogP) is 3.20. The second kappa shape index (κ2) is 4.35. The number of nitrogens with zero attached hydrogens (tertiary/aromatic N) is 1. The van der Waals surface area contributed by atoms with Gasteiger partial charge in [-0.15, -0.1) is 11.6 Å².